The number of rotatable bonds is 1. The van der Waals surface area contributed by atoms with Gasteiger partial charge in [0.1, 0.15) is 9.83 Å². The number of thiophene rings is 1. The van der Waals surface area contributed by atoms with Gasteiger partial charge in [0.05, 0.1) is 15.4 Å². The number of anilines is 2. The van der Waals surface area contributed by atoms with Crippen molar-refractivity contribution in [3.63, 3.8) is 0 Å². The lowest BCUT2D eigenvalue weighted by Crippen LogP contribution is -1.87. The number of fused-ring (bicyclic) bond motifs is 1. The summed E-state index contributed by atoms with van der Waals surface area (Å²) in [5.74, 6) is 0. The van der Waals surface area contributed by atoms with E-state index in [-0.39, 0.29) is 0 Å². The first kappa shape index (κ1) is 7.82. The summed E-state index contributed by atoms with van der Waals surface area (Å²) in [7, 11) is 0. The van der Waals surface area contributed by atoms with Crippen molar-refractivity contribution in [1.29, 1.82) is 0 Å². The van der Waals surface area contributed by atoms with Crippen molar-refractivity contribution in [1.82, 2.24) is 4.98 Å². The van der Waals surface area contributed by atoms with Crippen molar-refractivity contribution in [2.45, 2.75) is 13.3 Å². The molecule has 0 radical (unpaired) electrons. The molecule has 0 saturated carbocycles. The summed E-state index contributed by atoms with van der Waals surface area (Å²) in [6, 6.07) is 0. The van der Waals surface area contributed by atoms with Crippen LogP contribution in [0.1, 0.15) is 11.9 Å². The van der Waals surface area contributed by atoms with Crippen LogP contribution < -0.4 is 11.5 Å². The number of thiazole rings is 1. The molecule has 0 spiro atoms. The van der Waals surface area contributed by atoms with Crippen molar-refractivity contribution < 1.29 is 0 Å². The minimum absolute atomic E-state index is 0.686. The van der Waals surface area contributed by atoms with E-state index in [4.69, 9.17) is 11.5 Å². The van der Waals surface area contributed by atoms with Gasteiger partial charge in [0, 0.05) is 0 Å². The van der Waals surface area contributed by atoms with E-state index in [1.165, 1.54) is 11.3 Å². The first-order valence-corrected chi connectivity index (χ1v) is 5.28. The molecule has 0 aliphatic rings. The highest BCUT2D eigenvalue weighted by Gasteiger charge is 2.11. The van der Waals surface area contributed by atoms with E-state index in [1.807, 2.05) is 0 Å². The van der Waals surface area contributed by atoms with Crippen LogP contribution in [0.15, 0.2) is 0 Å². The normalized spacial score (nSPS) is 11.1. The number of hydrogen-bond acceptors (Lipinski definition) is 5. The van der Waals surface area contributed by atoms with Gasteiger partial charge in [-0.15, -0.1) is 11.3 Å². The van der Waals surface area contributed by atoms with Crippen LogP contribution in [0, 0.1) is 0 Å². The highest BCUT2D eigenvalue weighted by Crippen LogP contribution is 2.39. The van der Waals surface area contributed by atoms with Crippen molar-refractivity contribution in [2.75, 3.05) is 11.5 Å². The lowest BCUT2D eigenvalue weighted by atomic mass is 10.5. The Bertz CT molecular complexity index is 415. The Labute approximate surface area is 78.0 Å². The lowest BCUT2D eigenvalue weighted by Gasteiger charge is -1.86. The van der Waals surface area contributed by atoms with Gasteiger partial charge < -0.3 is 11.5 Å². The fraction of sp³-hybridized carbons (Fsp3) is 0.286. The molecule has 3 nitrogen and oxygen atoms in total. The summed E-state index contributed by atoms with van der Waals surface area (Å²) < 4.78 is 1.05. The van der Waals surface area contributed by atoms with E-state index >= 15 is 0 Å². The molecule has 2 rings (SSSR count). The highest BCUT2D eigenvalue weighted by atomic mass is 32.1. The molecule has 0 aliphatic carbocycles. The molecule has 2 aromatic heterocycles. The SMILES string of the molecule is CCc1nc2sc(N)c(N)c2s1. The third-order valence-electron chi connectivity index (χ3n) is 1.66. The van der Waals surface area contributed by atoms with Crippen molar-refractivity contribution in [3.05, 3.63) is 5.01 Å². The number of aryl methyl sites for hydroxylation is 1. The molecular weight excluding hydrogens is 190 g/mol. The van der Waals surface area contributed by atoms with Crippen LogP contribution in [0.3, 0.4) is 0 Å². The topological polar surface area (TPSA) is 64.9 Å². The average molecular weight is 199 g/mol. The first-order valence-electron chi connectivity index (χ1n) is 3.65. The molecule has 12 heavy (non-hydrogen) atoms. The molecule has 0 amide bonds. The maximum absolute atomic E-state index is 5.76. The van der Waals surface area contributed by atoms with Crippen molar-refractivity contribution in [2.24, 2.45) is 0 Å². The third kappa shape index (κ3) is 0.971. The molecule has 4 N–H and O–H groups in total. The van der Waals surface area contributed by atoms with Gasteiger partial charge in [0.15, 0.2) is 0 Å². The molecule has 0 saturated heterocycles. The fourth-order valence-electron chi connectivity index (χ4n) is 1.01. The van der Waals surface area contributed by atoms with E-state index in [1.54, 1.807) is 11.3 Å². The molecule has 2 aromatic rings. The van der Waals surface area contributed by atoms with Gasteiger partial charge in [-0.05, 0) is 6.42 Å². The highest BCUT2D eigenvalue weighted by molar-refractivity contribution is 7.30. The second kappa shape index (κ2) is 2.60. The number of nitrogens with zero attached hydrogens (tertiary/aromatic N) is 1. The summed E-state index contributed by atoms with van der Waals surface area (Å²) in [5.41, 5.74) is 12.1. The summed E-state index contributed by atoms with van der Waals surface area (Å²) in [6.45, 7) is 2.09. The molecular formula is C7H9N3S2. The molecule has 0 aromatic carbocycles. The molecule has 0 aliphatic heterocycles. The van der Waals surface area contributed by atoms with Gasteiger partial charge in [0.25, 0.3) is 0 Å². The zero-order valence-corrected chi connectivity index (χ0v) is 8.26. The van der Waals surface area contributed by atoms with Gasteiger partial charge in [-0.3, -0.25) is 0 Å². The number of aromatic nitrogens is 1. The Kier molecular flexibility index (Phi) is 1.69. The molecule has 0 bridgehead atoms. The number of nitrogen functional groups attached to an aromatic ring is 2. The molecule has 64 valence electrons. The van der Waals surface area contributed by atoms with Crippen molar-refractivity contribution >= 4 is 42.9 Å². The Morgan fingerprint density at radius 3 is 2.67 bits per heavy atom. The summed E-state index contributed by atoms with van der Waals surface area (Å²) >= 11 is 3.11. The monoisotopic (exact) mass is 199 g/mol. The lowest BCUT2D eigenvalue weighted by molar-refractivity contribution is 1.11. The minimum Gasteiger partial charge on any atom is -0.395 e. The largest absolute Gasteiger partial charge is 0.395 e. The number of nitrogens with two attached hydrogens (primary N) is 2. The minimum atomic E-state index is 0.686. The number of hydrogen-bond donors (Lipinski definition) is 2. The summed E-state index contributed by atoms with van der Waals surface area (Å²) in [6.07, 6.45) is 0.964. The standard InChI is InChI=1S/C7H9N3S2/c1-2-3-10-7-5(11-3)4(8)6(9)12-7/h2,8-9H2,1H3. The van der Waals surface area contributed by atoms with Gasteiger partial charge >= 0.3 is 0 Å². The first-order chi connectivity index (χ1) is 5.72. The predicted octanol–water partition coefficient (Wildman–Crippen LogP) is 2.08. The van der Waals surface area contributed by atoms with Gasteiger partial charge in [-0.25, -0.2) is 4.98 Å². The maximum atomic E-state index is 5.76. The van der Waals surface area contributed by atoms with Crippen LogP contribution in [-0.2, 0) is 6.42 Å². The molecule has 2 heterocycles. The van der Waals surface area contributed by atoms with Crippen LogP contribution in [0.2, 0.25) is 0 Å². The second-order valence-electron chi connectivity index (χ2n) is 2.48. The molecule has 0 fully saturated rings. The predicted molar refractivity (Wildman–Crippen MR) is 55.7 cm³/mol. The Balaban J connectivity index is 2.71. The third-order valence-corrected chi connectivity index (χ3v) is 3.95. The maximum Gasteiger partial charge on any atom is 0.138 e. The van der Waals surface area contributed by atoms with E-state index in [9.17, 15) is 0 Å². The van der Waals surface area contributed by atoms with Crippen molar-refractivity contribution in [3.8, 4) is 0 Å². The van der Waals surface area contributed by atoms with Crippen LogP contribution in [0.4, 0.5) is 10.7 Å². The molecule has 0 atom stereocenters. The van der Waals surface area contributed by atoms with Crippen LogP contribution in [0.25, 0.3) is 9.53 Å². The van der Waals surface area contributed by atoms with E-state index in [0.717, 1.165) is 21.0 Å². The summed E-state index contributed by atoms with van der Waals surface area (Å²) in [4.78, 5) is 5.37. The smallest absolute Gasteiger partial charge is 0.138 e. The van der Waals surface area contributed by atoms with Gasteiger partial charge in [-0.2, -0.15) is 0 Å². The second-order valence-corrected chi connectivity index (χ2v) is 4.59. The van der Waals surface area contributed by atoms with Crippen LogP contribution in [-0.4, -0.2) is 4.98 Å². The summed E-state index contributed by atoms with van der Waals surface area (Å²) in [5, 5.41) is 1.81. The average Bonchev–Trinajstić information content (AvgIpc) is 2.55. The zero-order valence-electron chi connectivity index (χ0n) is 6.63. The molecule has 5 heteroatoms. The van der Waals surface area contributed by atoms with Gasteiger partial charge in [-0.1, -0.05) is 18.3 Å². The van der Waals surface area contributed by atoms with Gasteiger partial charge in [0.2, 0.25) is 0 Å². The van der Waals surface area contributed by atoms with E-state index in [2.05, 4.69) is 11.9 Å². The Morgan fingerprint density at radius 2 is 2.08 bits per heavy atom. The fourth-order valence-corrected chi connectivity index (χ4v) is 3.03. The Hall–Kier alpha value is -0.810. The van der Waals surface area contributed by atoms with E-state index in [0.29, 0.717) is 10.7 Å². The Morgan fingerprint density at radius 1 is 1.33 bits per heavy atom. The molecule has 0 unspecified atom stereocenters. The quantitative estimate of drug-likeness (QED) is 0.739. The van der Waals surface area contributed by atoms with E-state index < -0.39 is 0 Å². The van der Waals surface area contributed by atoms with Crippen LogP contribution >= 0.6 is 22.7 Å². The van der Waals surface area contributed by atoms with Crippen LogP contribution in [0.5, 0.6) is 0 Å². The zero-order chi connectivity index (χ0) is 8.72.